The van der Waals surface area contributed by atoms with Crippen molar-refractivity contribution in [2.24, 2.45) is 5.73 Å². The van der Waals surface area contributed by atoms with Gasteiger partial charge in [0.1, 0.15) is 0 Å². The van der Waals surface area contributed by atoms with Gasteiger partial charge < -0.3 is 5.73 Å². The van der Waals surface area contributed by atoms with Crippen molar-refractivity contribution < 1.29 is 0 Å². The molecule has 2 rings (SSSR count). The molecule has 4 nitrogen and oxygen atoms in total. The summed E-state index contributed by atoms with van der Waals surface area (Å²) in [4.78, 5) is 4.21. The summed E-state index contributed by atoms with van der Waals surface area (Å²) in [5.41, 5.74) is 6.57. The van der Waals surface area contributed by atoms with Crippen molar-refractivity contribution in [1.29, 1.82) is 0 Å². The highest BCUT2D eigenvalue weighted by molar-refractivity contribution is 5.32. The van der Waals surface area contributed by atoms with Gasteiger partial charge in [0.15, 0.2) is 5.82 Å². The summed E-state index contributed by atoms with van der Waals surface area (Å²) in [5.74, 6) is 0.801. The monoisotopic (exact) mass is 174 g/mol. The van der Waals surface area contributed by atoms with Crippen LogP contribution in [-0.4, -0.2) is 14.8 Å². The lowest BCUT2D eigenvalue weighted by Gasteiger charge is -2.04. The first-order chi connectivity index (χ1) is 6.42. The van der Waals surface area contributed by atoms with Crippen molar-refractivity contribution in [2.45, 2.75) is 6.54 Å². The van der Waals surface area contributed by atoms with Crippen LogP contribution in [0.2, 0.25) is 0 Å². The third-order valence-electron chi connectivity index (χ3n) is 1.81. The number of aromatic nitrogens is 3. The van der Waals surface area contributed by atoms with E-state index in [0.29, 0.717) is 6.54 Å². The maximum Gasteiger partial charge on any atom is 0.157 e. The molecule has 0 saturated carbocycles. The Morgan fingerprint density at radius 3 is 2.92 bits per heavy atom. The van der Waals surface area contributed by atoms with Crippen LogP contribution >= 0.6 is 0 Å². The Labute approximate surface area is 76.0 Å². The van der Waals surface area contributed by atoms with Crippen molar-refractivity contribution in [1.82, 2.24) is 14.8 Å². The number of nitrogens with two attached hydrogens (primary N) is 1. The van der Waals surface area contributed by atoms with E-state index in [1.165, 1.54) is 0 Å². The van der Waals surface area contributed by atoms with Crippen molar-refractivity contribution in [3.05, 3.63) is 42.4 Å². The van der Waals surface area contributed by atoms with Crippen LogP contribution in [-0.2, 0) is 6.54 Å². The summed E-state index contributed by atoms with van der Waals surface area (Å²) >= 11 is 0. The molecule has 0 saturated heterocycles. The lowest BCUT2D eigenvalue weighted by molar-refractivity contribution is 0.824. The number of hydrogen-bond acceptors (Lipinski definition) is 3. The van der Waals surface area contributed by atoms with E-state index in [-0.39, 0.29) is 0 Å². The van der Waals surface area contributed by atoms with Crippen LogP contribution in [0.3, 0.4) is 0 Å². The lowest BCUT2D eigenvalue weighted by Crippen LogP contribution is -2.06. The molecule has 0 spiro atoms. The maximum atomic E-state index is 5.58. The van der Waals surface area contributed by atoms with Crippen LogP contribution in [0.4, 0.5) is 0 Å². The van der Waals surface area contributed by atoms with Gasteiger partial charge in [0.2, 0.25) is 0 Å². The quantitative estimate of drug-likeness (QED) is 0.730. The number of pyridine rings is 1. The molecule has 13 heavy (non-hydrogen) atoms. The number of rotatable bonds is 2. The Bertz CT molecular complexity index is 380. The first-order valence-electron chi connectivity index (χ1n) is 4.06. The van der Waals surface area contributed by atoms with Crippen LogP contribution in [0.1, 0.15) is 5.56 Å². The third-order valence-corrected chi connectivity index (χ3v) is 1.81. The molecule has 0 fully saturated rings. The molecular weight excluding hydrogens is 164 g/mol. The SMILES string of the molecule is NCc1cccnc1-n1cccn1. The van der Waals surface area contributed by atoms with Crippen LogP contribution in [0.5, 0.6) is 0 Å². The van der Waals surface area contributed by atoms with Crippen molar-refractivity contribution in [2.75, 3.05) is 0 Å². The molecule has 0 unspecified atom stereocenters. The fraction of sp³-hybridized carbons (Fsp3) is 0.111. The van der Waals surface area contributed by atoms with Gasteiger partial charge in [-0.2, -0.15) is 5.10 Å². The van der Waals surface area contributed by atoms with Gasteiger partial charge in [-0.1, -0.05) is 6.07 Å². The van der Waals surface area contributed by atoms with Crippen molar-refractivity contribution in [3.63, 3.8) is 0 Å². The summed E-state index contributed by atoms with van der Waals surface area (Å²) in [7, 11) is 0. The van der Waals surface area contributed by atoms with Gasteiger partial charge >= 0.3 is 0 Å². The zero-order valence-electron chi connectivity index (χ0n) is 7.09. The van der Waals surface area contributed by atoms with E-state index in [2.05, 4.69) is 10.1 Å². The van der Waals surface area contributed by atoms with E-state index in [0.717, 1.165) is 11.4 Å². The van der Waals surface area contributed by atoms with Gasteiger partial charge in [0.05, 0.1) is 0 Å². The minimum absolute atomic E-state index is 0.475. The Morgan fingerprint density at radius 2 is 2.23 bits per heavy atom. The second-order valence-electron chi connectivity index (χ2n) is 2.64. The fourth-order valence-electron chi connectivity index (χ4n) is 1.19. The summed E-state index contributed by atoms with van der Waals surface area (Å²) in [6, 6.07) is 5.67. The van der Waals surface area contributed by atoms with Gasteiger partial charge in [-0.3, -0.25) is 0 Å². The second kappa shape index (κ2) is 3.37. The minimum Gasteiger partial charge on any atom is -0.326 e. The molecule has 0 bridgehead atoms. The molecule has 0 aliphatic carbocycles. The maximum absolute atomic E-state index is 5.58. The standard InChI is InChI=1S/C9H10N4/c10-7-8-3-1-4-11-9(8)13-6-2-5-12-13/h1-6H,7,10H2. The molecule has 66 valence electrons. The Balaban J connectivity index is 2.51. The van der Waals surface area contributed by atoms with E-state index in [4.69, 9.17) is 5.73 Å². The van der Waals surface area contributed by atoms with Crippen molar-refractivity contribution >= 4 is 0 Å². The van der Waals surface area contributed by atoms with Crippen LogP contribution in [0.15, 0.2) is 36.8 Å². The Kier molecular flexibility index (Phi) is 2.06. The van der Waals surface area contributed by atoms with Crippen LogP contribution in [0.25, 0.3) is 5.82 Å². The van der Waals surface area contributed by atoms with Gasteiger partial charge in [-0.05, 0) is 12.1 Å². The summed E-state index contributed by atoms with van der Waals surface area (Å²) < 4.78 is 1.71. The van der Waals surface area contributed by atoms with Crippen molar-refractivity contribution in [3.8, 4) is 5.82 Å². The predicted octanol–water partition coefficient (Wildman–Crippen LogP) is 0.726. The molecule has 2 N–H and O–H groups in total. The van der Waals surface area contributed by atoms with E-state index in [1.807, 2.05) is 24.4 Å². The number of nitrogens with zero attached hydrogens (tertiary/aromatic N) is 3. The molecule has 0 aromatic carbocycles. The predicted molar refractivity (Wildman–Crippen MR) is 49.3 cm³/mol. The highest BCUT2D eigenvalue weighted by Gasteiger charge is 2.02. The molecule has 0 radical (unpaired) electrons. The molecule has 2 aromatic rings. The minimum atomic E-state index is 0.475. The zero-order chi connectivity index (χ0) is 9.10. The third kappa shape index (κ3) is 1.43. The summed E-state index contributed by atoms with van der Waals surface area (Å²) in [5, 5.41) is 4.09. The largest absolute Gasteiger partial charge is 0.326 e. The van der Waals surface area contributed by atoms with Crippen LogP contribution in [0, 0.1) is 0 Å². The van der Waals surface area contributed by atoms with Gasteiger partial charge in [0, 0.05) is 30.7 Å². The average Bonchev–Trinajstić information content (AvgIpc) is 2.70. The molecule has 2 aromatic heterocycles. The first kappa shape index (κ1) is 7.94. The highest BCUT2D eigenvalue weighted by Crippen LogP contribution is 2.08. The summed E-state index contributed by atoms with van der Waals surface area (Å²) in [6.45, 7) is 0.475. The molecular formula is C9H10N4. The molecule has 0 aliphatic rings. The molecule has 4 heteroatoms. The Morgan fingerprint density at radius 1 is 1.31 bits per heavy atom. The normalized spacial score (nSPS) is 10.2. The second-order valence-corrected chi connectivity index (χ2v) is 2.64. The van der Waals surface area contributed by atoms with Gasteiger partial charge in [0.25, 0.3) is 0 Å². The van der Waals surface area contributed by atoms with E-state index < -0.39 is 0 Å². The molecule has 0 atom stereocenters. The molecule has 0 amide bonds. The van der Waals surface area contributed by atoms with E-state index in [1.54, 1.807) is 17.1 Å². The average molecular weight is 174 g/mol. The lowest BCUT2D eigenvalue weighted by atomic mass is 10.2. The van der Waals surface area contributed by atoms with Gasteiger partial charge in [-0.25, -0.2) is 9.67 Å². The highest BCUT2D eigenvalue weighted by atomic mass is 15.3. The topological polar surface area (TPSA) is 56.7 Å². The van der Waals surface area contributed by atoms with Crippen LogP contribution < -0.4 is 5.73 Å². The number of hydrogen-bond donors (Lipinski definition) is 1. The van der Waals surface area contributed by atoms with Gasteiger partial charge in [-0.15, -0.1) is 0 Å². The zero-order valence-corrected chi connectivity index (χ0v) is 7.09. The Hall–Kier alpha value is -1.68. The van der Waals surface area contributed by atoms with E-state index >= 15 is 0 Å². The fourth-order valence-corrected chi connectivity index (χ4v) is 1.19. The smallest absolute Gasteiger partial charge is 0.157 e. The van der Waals surface area contributed by atoms with E-state index in [9.17, 15) is 0 Å². The molecule has 0 aliphatic heterocycles. The molecule has 2 heterocycles. The first-order valence-corrected chi connectivity index (χ1v) is 4.06. The summed E-state index contributed by atoms with van der Waals surface area (Å²) in [6.07, 6.45) is 5.30.